The Morgan fingerprint density at radius 2 is 2.20 bits per heavy atom. The molecule has 6 heteroatoms. The van der Waals surface area contributed by atoms with Gasteiger partial charge in [0.1, 0.15) is 0 Å². The summed E-state index contributed by atoms with van der Waals surface area (Å²) in [5.74, 6) is -0.0512. The van der Waals surface area contributed by atoms with Gasteiger partial charge in [-0.1, -0.05) is 30.1 Å². The fourth-order valence-corrected chi connectivity index (χ4v) is 2.70. The van der Waals surface area contributed by atoms with Gasteiger partial charge in [-0.3, -0.25) is 9.69 Å². The van der Waals surface area contributed by atoms with Crippen molar-refractivity contribution < 1.29 is 4.79 Å². The SMILES string of the molecule is CC1(CN)CCN(CC(=O)Nc2ccc(Cl)c(Cl)c2)C1. The normalized spacial score (nSPS) is 23.0. The summed E-state index contributed by atoms with van der Waals surface area (Å²) in [6.07, 6.45) is 1.03. The average molecular weight is 316 g/mol. The second-order valence-electron chi connectivity index (χ2n) is 5.65. The molecule has 0 aromatic heterocycles. The first-order valence-electron chi connectivity index (χ1n) is 6.59. The van der Waals surface area contributed by atoms with Gasteiger partial charge in [0.2, 0.25) is 5.91 Å². The molecule has 1 heterocycles. The number of hydrogen-bond acceptors (Lipinski definition) is 3. The first kappa shape index (κ1) is 15.6. The van der Waals surface area contributed by atoms with Crippen molar-refractivity contribution in [2.75, 3.05) is 31.5 Å². The third-order valence-electron chi connectivity index (χ3n) is 3.70. The molecular formula is C14H19Cl2N3O. The highest BCUT2D eigenvalue weighted by molar-refractivity contribution is 6.42. The Morgan fingerprint density at radius 3 is 2.80 bits per heavy atom. The van der Waals surface area contributed by atoms with Crippen LogP contribution >= 0.6 is 23.2 Å². The molecule has 0 aliphatic carbocycles. The first-order chi connectivity index (χ1) is 9.42. The molecule has 1 unspecified atom stereocenters. The van der Waals surface area contributed by atoms with E-state index in [1.165, 1.54) is 0 Å². The van der Waals surface area contributed by atoms with Gasteiger partial charge in [0.15, 0.2) is 0 Å². The monoisotopic (exact) mass is 315 g/mol. The molecule has 0 bridgehead atoms. The van der Waals surface area contributed by atoms with E-state index >= 15 is 0 Å². The second-order valence-corrected chi connectivity index (χ2v) is 6.47. The highest BCUT2D eigenvalue weighted by atomic mass is 35.5. The Labute approximate surface area is 129 Å². The van der Waals surface area contributed by atoms with Crippen molar-refractivity contribution in [1.82, 2.24) is 4.90 Å². The van der Waals surface area contributed by atoms with Gasteiger partial charge >= 0.3 is 0 Å². The lowest BCUT2D eigenvalue weighted by molar-refractivity contribution is -0.117. The molecule has 0 spiro atoms. The van der Waals surface area contributed by atoms with Gasteiger partial charge in [-0.05, 0) is 43.1 Å². The number of benzene rings is 1. The molecule has 1 aromatic rings. The molecule has 0 saturated carbocycles. The van der Waals surface area contributed by atoms with Crippen LogP contribution in [0.1, 0.15) is 13.3 Å². The summed E-state index contributed by atoms with van der Waals surface area (Å²) in [4.78, 5) is 14.1. The number of amides is 1. The Kier molecular flexibility index (Phi) is 4.91. The zero-order chi connectivity index (χ0) is 14.8. The molecule has 1 fully saturated rings. The van der Waals surface area contributed by atoms with E-state index in [1.54, 1.807) is 18.2 Å². The number of anilines is 1. The fourth-order valence-electron chi connectivity index (χ4n) is 2.41. The van der Waals surface area contributed by atoms with Crippen LogP contribution in [0.5, 0.6) is 0 Å². The maximum absolute atomic E-state index is 12.0. The standard InChI is InChI=1S/C14H19Cl2N3O/c1-14(8-17)4-5-19(9-14)7-13(20)18-10-2-3-11(15)12(16)6-10/h2-3,6H,4-5,7-9,17H2,1H3,(H,18,20). The Bertz CT molecular complexity index is 509. The summed E-state index contributed by atoms with van der Waals surface area (Å²) in [6, 6.07) is 5.05. The van der Waals surface area contributed by atoms with Crippen LogP contribution in [0, 0.1) is 5.41 Å². The second kappa shape index (κ2) is 6.31. The van der Waals surface area contributed by atoms with E-state index in [0.29, 0.717) is 28.8 Å². The third-order valence-corrected chi connectivity index (χ3v) is 4.44. The number of rotatable bonds is 4. The van der Waals surface area contributed by atoms with E-state index in [1.807, 2.05) is 0 Å². The van der Waals surface area contributed by atoms with Crippen molar-refractivity contribution in [3.63, 3.8) is 0 Å². The topological polar surface area (TPSA) is 58.4 Å². The molecule has 20 heavy (non-hydrogen) atoms. The van der Waals surface area contributed by atoms with E-state index in [4.69, 9.17) is 28.9 Å². The van der Waals surface area contributed by atoms with E-state index in [-0.39, 0.29) is 11.3 Å². The number of halogens is 2. The van der Waals surface area contributed by atoms with Crippen LogP contribution in [0.2, 0.25) is 10.0 Å². The van der Waals surface area contributed by atoms with E-state index in [9.17, 15) is 4.79 Å². The molecule has 4 nitrogen and oxygen atoms in total. The number of carbonyl (C=O) groups is 1. The minimum absolute atomic E-state index is 0.0512. The van der Waals surface area contributed by atoms with Crippen molar-refractivity contribution in [2.24, 2.45) is 11.1 Å². The molecule has 1 amide bonds. The summed E-state index contributed by atoms with van der Waals surface area (Å²) < 4.78 is 0. The van der Waals surface area contributed by atoms with Gasteiger partial charge in [-0.15, -0.1) is 0 Å². The summed E-state index contributed by atoms with van der Waals surface area (Å²) in [7, 11) is 0. The molecule has 1 saturated heterocycles. The van der Waals surface area contributed by atoms with Gasteiger partial charge in [0, 0.05) is 12.2 Å². The minimum Gasteiger partial charge on any atom is -0.330 e. The highest BCUT2D eigenvalue weighted by Gasteiger charge is 2.33. The summed E-state index contributed by atoms with van der Waals surface area (Å²) in [5.41, 5.74) is 6.55. The highest BCUT2D eigenvalue weighted by Crippen LogP contribution is 2.28. The Hall–Kier alpha value is -0.810. The zero-order valence-electron chi connectivity index (χ0n) is 11.5. The van der Waals surface area contributed by atoms with Crippen molar-refractivity contribution in [2.45, 2.75) is 13.3 Å². The largest absolute Gasteiger partial charge is 0.330 e. The van der Waals surface area contributed by atoms with Crippen molar-refractivity contribution in [1.29, 1.82) is 0 Å². The zero-order valence-corrected chi connectivity index (χ0v) is 13.0. The number of hydrogen-bond donors (Lipinski definition) is 2. The Balaban J connectivity index is 1.88. The van der Waals surface area contributed by atoms with Crippen molar-refractivity contribution >= 4 is 34.8 Å². The average Bonchev–Trinajstić information content (AvgIpc) is 2.76. The molecule has 3 N–H and O–H groups in total. The number of likely N-dealkylation sites (tertiary alicyclic amines) is 1. The lowest BCUT2D eigenvalue weighted by Gasteiger charge is -2.22. The van der Waals surface area contributed by atoms with Gasteiger partial charge < -0.3 is 11.1 Å². The minimum atomic E-state index is -0.0512. The molecule has 1 aliphatic rings. The van der Waals surface area contributed by atoms with Gasteiger partial charge in [-0.2, -0.15) is 0 Å². The number of nitrogens with one attached hydrogen (secondary N) is 1. The van der Waals surface area contributed by atoms with Crippen molar-refractivity contribution in [3.05, 3.63) is 28.2 Å². The number of carbonyl (C=O) groups excluding carboxylic acids is 1. The summed E-state index contributed by atoms with van der Waals surface area (Å²) >= 11 is 11.8. The predicted octanol–water partition coefficient (Wildman–Crippen LogP) is 2.60. The third kappa shape index (κ3) is 3.85. The van der Waals surface area contributed by atoms with Gasteiger partial charge in [0.25, 0.3) is 0 Å². The Morgan fingerprint density at radius 1 is 1.45 bits per heavy atom. The van der Waals surface area contributed by atoms with E-state index in [2.05, 4.69) is 17.1 Å². The smallest absolute Gasteiger partial charge is 0.238 e. The van der Waals surface area contributed by atoms with Crippen LogP contribution in [-0.2, 0) is 4.79 Å². The van der Waals surface area contributed by atoms with Crippen LogP contribution in [0.25, 0.3) is 0 Å². The van der Waals surface area contributed by atoms with Crippen LogP contribution in [-0.4, -0.2) is 37.0 Å². The van der Waals surface area contributed by atoms with E-state index in [0.717, 1.165) is 19.5 Å². The van der Waals surface area contributed by atoms with E-state index < -0.39 is 0 Å². The predicted molar refractivity (Wildman–Crippen MR) is 83.3 cm³/mol. The molecule has 1 atom stereocenters. The van der Waals surface area contributed by atoms with Crippen LogP contribution in [0.15, 0.2) is 18.2 Å². The lowest BCUT2D eigenvalue weighted by Crippen LogP contribution is -2.35. The molecule has 0 radical (unpaired) electrons. The molecule has 2 rings (SSSR count). The summed E-state index contributed by atoms with van der Waals surface area (Å²) in [5, 5.41) is 3.73. The van der Waals surface area contributed by atoms with Gasteiger partial charge in [-0.25, -0.2) is 0 Å². The van der Waals surface area contributed by atoms with Crippen molar-refractivity contribution in [3.8, 4) is 0 Å². The number of nitrogens with zero attached hydrogens (tertiary/aromatic N) is 1. The summed E-state index contributed by atoms with van der Waals surface area (Å²) in [6.45, 7) is 4.94. The molecular weight excluding hydrogens is 297 g/mol. The molecule has 1 aromatic carbocycles. The van der Waals surface area contributed by atoms with Crippen LogP contribution in [0.3, 0.4) is 0 Å². The molecule has 1 aliphatic heterocycles. The maximum Gasteiger partial charge on any atom is 0.238 e. The van der Waals surface area contributed by atoms with Crippen LogP contribution in [0.4, 0.5) is 5.69 Å². The van der Waals surface area contributed by atoms with Gasteiger partial charge in [0.05, 0.1) is 16.6 Å². The lowest BCUT2D eigenvalue weighted by atomic mass is 9.90. The first-order valence-corrected chi connectivity index (χ1v) is 7.35. The quantitative estimate of drug-likeness (QED) is 0.898. The maximum atomic E-state index is 12.0. The number of nitrogens with two attached hydrogens (primary N) is 1. The fraction of sp³-hybridized carbons (Fsp3) is 0.500. The molecule has 110 valence electrons. The van der Waals surface area contributed by atoms with Crippen LogP contribution < -0.4 is 11.1 Å².